The molecule has 112 valence electrons. The predicted molar refractivity (Wildman–Crippen MR) is 83.0 cm³/mol. The Hall–Kier alpha value is -1.02. The van der Waals surface area contributed by atoms with E-state index in [1.54, 1.807) is 16.2 Å². The maximum absolute atomic E-state index is 12.6. The van der Waals surface area contributed by atoms with E-state index in [1.165, 1.54) is 0 Å². The minimum absolute atomic E-state index is 0.109. The molecule has 1 unspecified atom stereocenters. The lowest BCUT2D eigenvalue weighted by molar-refractivity contribution is 0.0509. The Kier molecular flexibility index (Phi) is 4.84. The number of carbonyl (C=O) groups is 1. The van der Waals surface area contributed by atoms with Gasteiger partial charge in [0.1, 0.15) is 0 Å². The van der Waals surface area contributed by atoms with Crippen LogP contribution in [-0.2, 0) is 11.3 Å². The number of thiophene rings is 1. The molecule has 1 fully saturated rings. The molecule has 0 radical (unpaired) electrons. The molecular weight excluding hydrogens is 330 g/mol. The highest BCUT2D eigenvalue weighted by Gasteiger charge is 2.26. The first kappa shape index (κ1) is 14.9. The Morgan fingerprint density at radius 2 is 2.43 bits per heavy atom. The van der Waals surface area contributed by atoms with Crippen LogP contribution in [0.2, 0.25) is 4.47 Å². The third-order valence-corrected chi connectivity index (χ3v) is 5.11. The highest BCUT2D eigenvalue weighted by Crippen LogP contribution is 2.21. The molecule has 2 aromatic heterocycles. The van der Waals surface area contributed by atoms with Crippen LogP contribution in [0.4, 0.5) is 0 Å². The summed E-state index contributed by atoms with van der Waals surface area (Å²) in [6.45, 7) is 1.91. The summed E-state index contributed by atoms with van der Waals surface area (Å²) >= 11 is 8.52. The topological polar surface area (TPSA) is 55.3 Å². The normalized spacial score (nSPS) is 18.0. The fourth-order valence-corrected chi connectivity index (χ4v) is 3.79. The second kappa shape index (κ2) is 6.83. The van der Waals surface area contributed by atoms with Gasteiger partial charge >= 0.3 is 0 Å². The molecule has 2 aromatic rings. The fourth-order valence-electron chi connectivity index (χ4n) is 2.27. The van der Waals surface area contributed by atoms with Gasteiger partial charge in [-0.15, -0.1) is 21.5 Å². The standard InChI is InChI=1S/C13H14ClN3O2S2/c14-13-16-15-11(21-13)12(18)17(7-9-3-1-5-19-9)8-10-4-2-6-20-10/h2,4,6,9H,1,3,5,7-8H2. The van der Waals surface area contributed by atoms with Crippen LogP contribution in [0.3, 0.4) is 0 Å². The third-order valence-electron chi connectivity index (χ3n) is 3.25. The van der Waals surface area contributed by atoms with Crippen molar-refractivity contribution in [1.82, 2.24) is 15.1 Å². The molecule has 0 bridgehead atoms. The molecule has 3 rings (SSSR count). The van der Waals surface area contributed by atoms with Crippen molar-refractivity contribution in [2.45, 2.75) is 25.5 Å². The van der Waals surface area contributed by atoms with E-state index in [4.69, 9.17) is 16.3 Å². The van der Waals surface area contributed by atoms with Gasteiger partial charge in [0.2, 0.25) is 9.47 Å². The zero-order valence-corrected chi connectivity index (χ0v) is 13.6. The molecular formula is C13H14ClN3O2S2. The lowest BCUT2D eigenvalue weighted by atomic mass is 10.2. The summed E-state index contributed by atoms with van der Waals surface area (Å²) in [7, 11) is 0. The van der Waals surface area contributed by atoms with E-state index < -0.39 is 0 Å². The Labute approximate surface area is 135 Å². The number of aromatic nitrogens is 2. The van der Waals surface area contributed by atoms with Crippen LogP contribution in [-0.4, -0.2) is 40.3 Å². The van der Waals surface area contributed by atoms with E-state index in [-0.39, 0.29) is 16.5 Å². The quantitative estimate of drug-likeness (QED) is 0.837. The summed E-state index contributed by atoms with van der Waals surface area (Å²) in [4.78, 5) is 15.5. The zero-order chi connectivity index (χ0) is 14.7. The molecule has 21 heavy (non-hydrogen) atoms. The van der Waals surface area contributed by atoms with Crippen LogP contribution in [0, 0.1) is 0 Å². The Morgan fingerprint density at radius 1 is 1.52 bits per heavy atom. The summed E-state index contributed by atoms with van der Waals surface area (Å²) < 4.78 is 5.93. The maximum Gasteiger partial charge on any atom is 0.285 e. The highest BCUT2D eigenvalue weighted by molar-refractivity contribution is 7.17. The van der Waals surface area contributed by atoms with E-state index >= 15 is 0 Å². The van der Waals surface area contributed by atoms with Gasteiger partial charge in [0.15, 0.2) is 0 Å². The van der Waals surface area contributed by atoms with Gasteiger partial charge in [-0.25, -0.2) is 0 Å². The summed E-state index contributed by atoms with van der Waals surface area (Å²) in [6.07, 6.45) is 2.15. The van der Waals surface area contributed by atoms with Crippen molar-refractivity contribution in [3.63, 3.8) is 0 Å². The smallest absolute Gasteiger partial charge is 0.285 e. The van der Waals surface area contributed by atoms with Crippen LogP contribution in [0.1, 0.15) is 27.5 Å². The molecule has 5 nitrogen and oxygen atoms in total. The Balaban J connectivity index is 1.75. The Morgan fingerprint density at radius 3 is 3.05 bits per heavy atom. The fraction of sp³-hybridized carbons (Fsp3) is 0.462. The molecule has 0 aromatic carbocycles. The first-order valence-corrected chi connectivity index (χ1v) is 8.72. The predicted octanol–water partition coefficient (Wildman–Crippen LogP) is 3.07. The number of hydrogen-bond acceptors (Lipinski definition) is 6. The second-order valence-electron chi connectivity index (χ2n) is 4.76. The number of halogens is 1. The van der Waals surface area contributed by atoms with Crippen LogP contribution in [0.25, 0.3) is 0 Å². The van der Waals surface area contributed by atoms with Crippen LogP contribution in [0.15, 0.2) is 17.5 Å². The molecule has 1 aliphatic rings. The molecule has 0 spiro atoms. The van der Waals surface area contributed by atoms with Crippen molar-refractivity contribution in [3.05, 3.63) is 31.9 Å². The first-order chi connectivity index (χ1) is 10.2. The van der Waals surface area contributed by atoms with Gasteiger partial charge in [-0.3, -0.25) is 4.79 Å². The van der Waals surface area contributed by atoms with Crippen LogP contribution in [0.5, 0.6) is 0 Å². The number of rotatable bonds is 5. The molecule has 3 heterocycles. The number of amides is 1. The minimum Gasteiger partial charge on any atom is -0.376 e. The first-order valence-electron chi connectivity index (χ1n) is 6.64. The summed E-state index contributed by atoms with van der Waals surface area (Å²) in [5, 5.41) is 9.89. The van der Waals surface area contributed by atoms with Crippen molar-refractivity contribution < 1.29 is 9.53 Å². The molecule has 1 atom stereocenters. The molecule has 1 amide bonds. The molecule has 0 aliphatic carbocycles. The average Bonchev–Trinajstić information content (AvgIpc) is 3.19. The van der Waals surface area contributed by atoms with Gasteiger partial charge < -0.3 is 9.64 Å². The monoisotopic (exact) mass is 343 g/mol. The number of nitrogens with zero attached hydrogens (tertiary/aromatic N) is 3. The zero-order valence-electron chi connectivity index (χ0n) is 11.2. The maximum atomic E-state index is 12.6. The van der Waals surface area contributed by atoms with Crippen molar-refractivity contribution in [2.75, 3.05) is 13.2 Å². The van der Waals surface area contributed by atoms with E-state index in [0.29, 0.717) is 18.1 Å². The molecule has 0 saturated carbocycles. The number of carbonyl (C=O) groups excluding carboxylic acids is 1. The molecule has 1 aliphatic heterocycles. The summed E-state index contributed by atoms with van der Waals surface area (Å²) in [6, 6.07) is 4.00. The van der Waals surface area contributed by atoms with Gasteiger partial charge in [0, 0.05) is 18.0 Å². The summed E-state index contributed by atoms with van der Waals surface area (Å²) in [5.74, 6) is -0.136. The SMILES string of the molecule is O=C(c1nnc(Cl)s1)N(Cc1cccs1)CC1CCCO1. The van der Waals surface area contributed by atoms with Crippen LogP contribution >= 0.6 is 34.3 Å². The largest absolute Gasteiger partial charge is 0.376 e. The average molecular weight is 344 g/mol. The van der Waals surface area contributed by atoms with E-state index in [9.17, 15) is 4.79 Å². The molecule has 1 saturated heterocycles. The number of hydrogen-bond donors (Lipinski definition) is 0. The van der Waals surface area contributed by atoms with Crippen molar-refractivity contribution in [2.24, 2.45) is 0 Å². The Bertz CT molecular complexity index is 596. The van der Waals surface area contributed by atoms with Gasteiger partial charge in [-0.1, -0.05) is 17.4 Å². The highest BCUT2D eigenvalue weighted by atomic mass is 35.5. The van der Waals surface area contributed by atoms with Crippen molar-refractivity contribution in [1.29, 1.82) is 0 Å². The van der Waals surface area contributed by atoms with Crippen molar-refractivity contribution in [3.8, 4) is 0 Å². The van der Waals surface area contributed by atoms with Gasteiger partial charge in [-0.05, 0) is 35.9 Å². The third kappa shape index (κ3) is 3.79. The van der Waals surface area contributed by atoms with E-state index in [0.717, 1.165) is 35.7 Å². The van der Waals surface area contributed by atoms with E-state index in [1.807, 2.05) is 17.5 Å². The summed E-state index contributed by atoms with van der Waals surface area (Å²) in [5.41, 5.74) is 0. The minimum atomic E-state index is -0.136. The van der Waals surface area contributed by atoms with Crippen molar-refractivity contribution >= 4 is 40.2 Å². The lowest BCUT2D eigenvalue weighted by Crippen LogP contribution is -2.36. The van der Waals surface area contributed by atoms with E-state index in [2.05, 4.69) is 10.2 Å². The van der Waals surface area contributed by atoms with Gasteiger partial charge in [0.05, 0.1) is 12.6 Å². The molecule has 8 heteroatoms. The number of ether oxygens (including phenoxy) is 1. The second-order valence-corrected chi connectivity index (χ2v) is 7.35. The van der Waals surface area contributed by atoms with Gasteiger partial charge in [-0.2, -0.15) is 0 Å². The van der Waals surface area contributed by atoms with Gasteiger partial charge in [0.25, 0.3) is 5.91 Å². The lowest BCUT2D eigenvalue weighted by Gasteiger charge is -2.23. The molecule has 0 N–H and O–H groups in total. The van der Waals surface area contributed by atoms with Crippen LogP contribution < -0.4 is 0 Å².